The molecule has 1 aliphatic rings. The van der Waals surface area contributed by atoms with Gasteiger partial charge < -0.3 is 10.1 Å². The molecular weight excluding hydrogens is 272 g/mol. The maximum absolute atomic E-state index is 5.19. The first-order valence-corrected chi connectivity index (χ1v) is 7.96. The Morgan fingerprint density at radius 2 is 1.82 bits per heavy atom. The van der Waals surface area contributed by atoms with Crippen molar-refractivity contribution in [2.75, 3.05) is 20.2 Å². The second kappa shape index (κ2) is 7.43. The van der Waals surface area contributed by atoms with Crippen LogP contribution in [0.15, 0.2) is 54.6 Å². The van der Waals surface area contributed by atoms with Gasteiger partial charge >= 0.3 is 0 Å². The summed E-state index contributed by atoms with van der Waals surface area (Å²) in [5.74, 6) is 0.915. The van der Waals surface area contributed by atoms with E-state index in [2.05, 4.69) is 52.7 Å². The molecule has 1 atom stereocenters. The van der Waals surface area contributed by atoms with Crippen LogP contribution >= 0.6 is 0 Å². The average molecular weight is 296 g/mol. The van der Waals surface area contributed by atoms with E-state index < -0.39 is 0 Å². The maximum atomic E-state index is 5.19. The molecule has 1 fully saturated rings. The Labute approximate surface area is 132 Å². The first kappa shape index (κ1) is 15.1. The second-order valence-corrected chi connectivity index (χ2v) is 5.94. The number of nitrogens with zero attached hydrogens (tertiary/aromatic N) is 1. The van der Waals surface area contributed by atoms with Crippen molar-refractivity contribution >= 4 is 0 Å². The van der Waals surface area contributed by atoms with E-state index in [0.717, 1.165) is 25.4 Å². The number of hydrogen-bond donors (Lipinski definition) is 1. The Hall–Kier alpha value is -1.84. The van der Waals surface area contributed by atoms with Crippen molar-refractivity contribution in [2.24, 2.45) is 0 Å². The number of likely N-dealkylation sites (tertiary alicyclic amines) is 1. The van der Waals surface area contributed by atoms with Crippen LogP contribution in [0.4, 0.5) is 0 Å². The Morgan fingerprint density at radius 3 is 2.55 bits per heavy atom. The third-order valence-corrected chi connectivity index (χ3v) is 4.28. The van der Waals surface area contributed by atoms with Gasteiger partial charge in [0.05, 0.1) is 7.11 Å². The Morgan fingerprint density at radius 1 is 1.05 bits per heavy atom. The van der Waals surface area contributed by atoms with E-state index in [4.69, 9.17) is 4.74 Å². The van der Waals surface area contributed by atoms with E-state index in [1.165, 1.54) is 24.1 Å². The van der Waals surface area contributed by atoms with Crippen LogP contribution < -0.4 is 10.1 Å². The van der Waals surface area contributed by atoms with Gasteiger partial charge in [-0.3, -0.25) is 4.90 Å². The summed E-state index contributed by atoms with van der Waals surface area (Å²) in [6.45, 7) is 4.29. The molecule has 0 bridgehead atoms. The molecule has 1 N–H and O–H groups in total. The summed E-state index contributed by atoms with van der Waals surface area (Å²) in [7, 11) is 1.70. The van der Waals surface area contributed by atoms with Gasteiger partial charge in [-0.15, -0.1) is 0 Å². The number of nitrogens with one attached hydrogen (secondary N) is 1. The van der Waals surface area contributed by atoms with Crippen LogP contribution in [0.25, 0.3) is 0 Å². The summed E-state index contributed by atoms with van der Waals surface area (Å²) in [6, 6.07) is 19.6. The van der Waals surface area contributed by atoms with Crippen LogP contribution in [-0.4, -0.2) is 31.1 Å². The smallest absolute Gasteiger partial charge is 0.118 e. The van der Waals surface area contributed by atoms with Gasteiger partial charge in [-0.25, -0.2) is 0 Å². The molecule has 0 aromatic heterocycles. The quantitative estimate of drug-likeness (QED) is 0.886. The SMILES string of the molecule is COc1ccc(CN[C@@H]2CCN(Cc3ccccc3)C2)cc1. The highest BCUT2D eigenvalue weighted by atomic mass is 16.5. The van der Waals surface area contributed by atoms with Gasteiger partial charge in [0, 0.05) is 32.2 Å². The van der Waals surface area contributed by atoms with Crippen molar-refractivity contribution in [3.63, 3.8) is 0 Å². The normalized spacial score (nSPS) is 18.5. The Kier molecular flexibility index (Phi) is 5.09. The Balaban J connectivity index is 1.44. The standard InChI is InChI=1S/C19H24N2O/c1-22-19-9-7-16(8-10-19)13-20-18-11-12-21(15-18)14-17-5-3-2-4-6-17/h2-10,18,20H,11-15H2,1H3/t18-/m1/s1. The highest BCUT2D eigenvalue weighted by molar-refractivity contribution is 5.27. The fourth-order valence-electron chi connectivity index (χ4n) is 2.99. The predicted molar refractivity (Wildman–Crippen MR) is 90.0 cm³/mol. The minimum atomic E-state index is 0.589. The molecule has 0 radical (unpaired) electrons. The summed E-state index contributed by atoms with van der Waals surface area (Å²) in [6.07, 6.45) is 1.23. The van der Waals surface area contributed by atoms with Gasteiger partial charge in [-0.05, 0) is 29.7 Å². The summed E-state index contributed by atoms with van der Waals surface area (Å²) < 4.78 is 5.19. The molecular formula is C19H24N2O. The van der Waals surface area contributed by atoms with Gasteiger partial charge in [-0.2, -0.15) is 0 Å². The second-order valence-electron chi connectivity index (χ2n) is 5.94. The topological polar surface area (TPSA) is 24.5 Å². The van der Waals surface area contributed by atoms with Crippen LogP contribution in [0.5, 0.6) is 5.75 Å². The zero-order chi connectivity index (χ0) is 15.2. The number of ether oxygens (including phenoxy) is 1. The lowest BCUT2D eigenvalue weighted by atomic mass is 10.2. The van der Waals surface area contributed by atoms with Crippen molar-refractivity contribution < 1.29 is 4.74 Å². The lowest BCUT2D eigenvalue weighted by Gasteiger charge is -2.17. The number of benzene rings is 2. The number of methoxy groups -OCH3 is 1. The molecule has 2 aromatic rings. The molecule has 0 unspecified atom stereocenters. The first-order chi connectivity index (χ1) is 10.8. The summed E-state index contributed by atoms with van der Waals surface area (Å²) in [5.41, 5.74) is 2.71. The van der Waals surface area contributed by atoms with Crippen LogP contribution in [0, 0.1) is 0 Å². The predicted octanol–water partition coefficient (Wildman–Crippen LogP) is 3.06. The molecule has 1 aliphatic heterocycles. The number of hydrogen-bond acceptors (Lipinski definition) is 3. The molecule has 0 spiro atoms. The fraction of sp³-hybridized carbons (Fsp3) is 0.368. The Bertz CT molecular complexity index is 568. The van der Waals surface area contributed by atoms with Crippen molar-refractivity contribution in [3.05, 3.63) is 65.7 Å². The lowest BCUT2D eigenvalue weighted by Crippen LogP contribution is -2.31. The molecule has 1 saturated heterocycles. The minimum Gasteiger partial charge on any atom is -0.497 e. The monoisotopic (exact) mass is 296 g/mol. The van der Waals surface area contributed by atoms with Gasteiger partial charge in [-0.1, -0.05) is 42.5 Å². The van der Waals surface area contributed by atoms with Gasteiger partial charge in [0.25, 0.3) is 0 Å². The van der Waals surface area contributed by atoms with E-state index in [1.807, 2.05) is 12.1 Å². The molecule has 1 heterocycles. The van der Waals surface area contributed by atoms with Gasteiger partial charge in [0.15, 0.2) is 0 Å². The van der Waals surface area contributed by atoms with Crippen LogP contribution in [0.2, 0.25) is 0 Å². The number of rotatable bonds is 6. The van der Waals surface area contributed by atoms with E-state index in [0.29, 0.717) is 6.04 Å². The van der Waals surface area contributed by atoms with E-state index in [1.54, 1.807) is 7.11 Å². The molecule has 0 amide bonds. The van der Waals surface area contributed by atoms with E-state index in [9.17, 15) is 0 Å². The molecule has 2 aromatic carbocycles. The third kappa shape index (κ3) is 4.09. The third-order valence-electron chi connectivity index (χ3n) is 4.28. The molecule has 116 valence electrons. The van der Waals surface area contributed by atoms with Gasteiger partial charge in [0.1, 0.15) is 5.75 Å². The zero-order valence-corrected chi connectivity index (χ0v) is 13.2. The maximum Gasteiger partial charge on any atom is 0.118 e. The van der Waals surface area contributed by atoms with Crippen molar-refractivity contribution in [3.8, 4) is 5.75 Å². The zero-order valence-electron chi connectivity index (χ0n) is 13.2. The van der Waals surface area contributed by atoms with Crippen LogP contribution in [0.3, 0.4) is 0 Å². The molecule has 3 rings (SSSR count). The molecule has 22 heavy (non-hydrogen) atoms. The first-order valence-electron chi connectivity index (χ1n) is 7.96. The molecule has 3 heteroatoms. The van der Waals surface area contributed by atoms with Gasteiger partial charge in [0.2, 0.25) is 0 Å². The minimum absolute atomic E-state index is 0.589. The van der Waals surface area contributed by atoms with E-state index in [-0.39, 0.29) is 0 Å². The molecule has 0 saturated carbocycles. The highest BCUT2D eigenvalue weighted by Gasteiger charge is 2.21. The summed E-state index contributed by atoms with van der Waals surface area (Å²) in [4.78, 5) is 2.53. The van der Waals surface area contributed by atoms with Crippen LogP contribution in [-0.2, 0) is 13.1 Å². The lowest BCUT2D eigenvalue weighted by molar-refractivity contribution is 0.320. The highest BCUT2D eigenvalue weighted by Crippen LogP contribution is 2.15. The largest absolute Gasteiger partial charge is 0.497 e. The fourth-order valence-corrected chi connectivity index (χ4v) is 2.99. The molecule has 0 aliphatic carbocycles. The van der Waals surface area contributed by atoms with Crippen LogP contribution in [0.1, 0.15) is 17.5 Å². The van der Waals surface area contributed by atoms with Crippen molar-refractivity contribution in [2.45, 2.75) is 25.6 Å². The summed E-state index contributed by atoms with van der Waals surface area (Å²) in [5, 5.41) is 3.67. The molecule has 3 nitrogen and oxygen atoms in total. The average Bonchev–Trinajstić information content (AvgIpc) is 3.02. The van der Waals surface area contributed by atoms with Crippen molar-refractivity contribution in [1.29, 1.82) is 0 Å². The van der Waals surface area contributed by atoms with E-state index >= 15 is 0 Å². The summed E-state index contributed by atoms with van der Waals surface area (Å²) >= 11 is 0. The van der Waals surface area contributed by atoms with Crippen molar-refractivity contribution in [1.82, 2.24) is 10.2 Å².